The summed E-state index contributed by atoms with van der Waals surface area (Å²) in [5, 5.41) is 4.11. The second kappa shape index (κ2) is 10.6. The molecule has 6 nitrogen and oxygen atoms in total. The zero-order chi connectivity index (χ0) is 30.0. The van der Waals surface area contributed by atoms with E-state index in [0.29, 0.717) is 39.0 Å². The van der Waals surface area contributed by atoms with E-state index in [9.17, 15) is 27.6 Å². The van der Waals surface area contributed by atoms with Crippen LogP contribution in [0.5, 0.6) is 0 Å². The Hall–Kier alpha value is -3.05. The fourth-order valence-corrected chi connectivity index (χ4v) is 7.30. The number of anilines is 2. The first-order valence-electron chi connectivity index (χ1n) is 13.2. The minimum Gasteiger partial charge on any atom is -0.306 e. The molecule has 1 spiro atoms. The number of fused-ring (bicyclic) bond motifs is 4. The summed E-state index contributed by atoms with van der Waals surface area (Å²) in [6.45, 7) is 0.127. The third-order valence-electron chi connectivity index (χ3n) is 8.26. The fraction of sp³-hybridized carbons (Fsp3) is 0.300. The van der Waals surface area contributed by atoms with Gasteiger partial charge in [0.1, 0.15) is 5.54 Å². The van der Waals surface area contributed by atoms with Crippen molar-refractivity contribution in [2.75, 3.05) is 21.8 Å². The van der Waals surface area contributed by atoms with Gasteiger partial charge in [-0.3, -0.25) is 19.7 Å². The highest BCUT2D eigenvalue weighted by Gasteiger charge is 2.71. The van der Waals surface area contributed by atoms with Gasteiger partial charge >= 0.3 is 6.18 Å². The van der Waals surface area contributed by atoms with Crippen molar-refractivity contribution in [1.29, 1.82) is 0 Å². The molecule has 3 heterocycles. The Morgan fingerprint density at radius 3 is 2.43 bits per heavy atom. The topological polar surface area (TPSA) is 69.7 Å². The zero-order valence-corrected chi connectivity index (χ0v) is 24.4. The summed E-state index contributed by atoms with van der Waals surface area (Å²) < 4.78 is 40.6. The molecule has 0 bridgehead atoms. The first kappa shape index (κ1) is 29.0. The second-order valence-electron chi connectivity index (χ2n) is 10.6. The number of rotatable bonds is 6. The number of carbonyl (C=O) groups is 3. The molecule has 42 heavy (non-hydrogen) atoms. The van der Waals surface area contributed by atoms with Crippen LogP contribution in [0.15, 0.2) is 66.7 Å². The van der Waals surface area contributed by atoms with Gasteiger partial charge in [0.2, 0.25) is 11.8 Å². The summed E-state index contributed by atoms with van der Waals surface area (Å²) >= 11 is 13.9. The number of imide groups is 1. The van der Waals surface area contributed by atoms with Crippen molar-refractivity contribution in [3.8, 4) is 0 Å². The molecule has 2 saturated heterocycles. The molecular formula is C30H24Cl2F3N3O3S. The molecule has 4 atom stereocenters. The molecule has 3 aromatic carbocycles. The molecule has 0 unspecified atom stereocenters. The van der Waals surface area contributed by atoms with Crippen molar-refractivity contribution < 1.29 is 27.6 Å². The highest BCUT2D eigenvalue weighted by molar-refractivity contribution is 7.98. The first-order chi connectivity index (χ1) is 20.0. The molecular weight excluding hydrogens is 610 g/mol. The molecule has 3 aromatic rings. The molecule has 3 amide bonds. The Balaban J connectivity index is 1.46. The molecule has 218 valence electrons. The van der Waals surface area contributed by atoms with Gasteiger partial charge in [-0.1, -0.05) is 53.5 Å². The normalized spacial score (nSPS) is 25.1. The summed E-state index contributed by atoms with van der Waals surface area (Å²) in [4.78, 5) is 45.1. The zero-order valence-electron chi connectivity index (χ0n) is 22.1. The lowest BCUT2D eigenvalue weighted by Crippen LogP contribution is -2.55. The van der Waals surface area contributed by atoms with Crippen molar-refractivity contribution in [3.05, 3.63) is 93.5 Å². The van der Waals surface area contributed by atoms with Crippen LogP contribution in [-0.2, 0) is 32.6 Å². The molecule has 0 aliphatic carbocycles. The van der Waals surface area contributed by atoms with E-state index in [1.165, 1.54) is 12.1 Å². The highest BCUT2D eigenvalue weighted by Crippen LogP contribution is 2.56. The van der Waals surface area contributed by atoms with E-state index in [-0.39, 0.29) is 12.2 Å². The number of alkyl halides is 3. The van der Waals surface area contributed by atoms with Crippen molar-refractivity contribution >= 4 is 64.1 Å². The average Bonchev–Trinajstić information content (AvgIpc) is 3.52. The number of carbonyl (C=O) groups excluding carboxylic acids is 3. The lowest BCUT2D eigenvalue weighted by molar-refractivity contribution is -0.137. The maximum atomic E-state index is 14.6. The van der Waals surface area contributed by atoms with E-state index in [1.54, 1.807) is 59.1 Å². The van der Waals surface area contributed by atoms with Gasteiger partial charge in [0.15, 0.2) is 0 Å². The number of thioether (sulfide) groups is 1. The van der Waals surface area contributed by atoms with E-state index in [1.807, 2.05) is 6.26 Å². The molecule has 12 heteroatoms. The lowest BCUT2D eigenvalue weighted by Gasteiger charge is -2.31. The van der Waals surface area contributed by atoms with Crippen LogP contribution in [0.4, 0.5) is 24.5 Å². The van der Waals surface area contributed by atoms with Crippen LogP contribution >= 0.6 is 35.0 Å². The number of amides is 3. The van der Waals surface area contributed by atoms with E-state index in [0.717, 1.165) is 17.0 Å². The standard InChI is InChI=1S/C30H24Cl2F3N3O3S/c1-42-12-11-22-24-25(27(40)38(26(24)39)18-6-4-5-17(14-18)30(33,34)35)29(36-22)19-7-2-3-8-23(19)37(28(29)41)15-16-9-10-20(31)21(32)13-16/h2-10,13-14,22,24-25,36H,11-12,15H2,1H3/t22-,24+,25+,29+/m1/s1. The maximum absolute atomic E-state index is 14.6. The molecule has 1 N–H and O–H groups in total. The molecule has 0 radical (unpaired) electrons. The van der Waals surface area contributed by atoms with Crippen LogP contribution in [0.1, 0.15) is 23.1 Å². The number of halogens is 5. The number of para-hydroxylation sites is 1. The van der Waals surface area contributed by atoms with Crippen LogP contribution in [-0.4, -0.2) is 35.8 Å². The van der Waals surface area contributed by atoms with Gasteiger partial charge in [-0.05, 0) is 60.4 Å². The minimum absolute atomic E-state index is 0.127. The Morgan fingerprint density at radius 2 is 1.71 bits per heavy atom. The Kier molecular flexibility index (Phi) is 7.32. The van der Waals surface area contributed by atoms with Gasteiger partial charge in [-0.2, -0.15) is 24.9 Å². The van der Waals surface area contributed by atoms with Crippen molar-refractivity contribution in [2.24, 2.45) is 11.8 Å². The maximum Gasteiger partial charge on any atom is 0.416 e. The van der Waals surface area contributed by atoms with Gasteiger partial charge in [0, 0.05) is 17.3 Å². The monoisotopic (exact) mass is 633 g/mol. The minimum atomic E-state index is -4.66. The number of nitrogens with one attached hydrogen (secondary N) is 1. The Bertz CT molecular complexity index is 1620. The number of nitrogens with zero attached hydrogens (tertiary/aromatic N) is 2. The van der Waals surface area contributed by atoms with Crippen LogP contribution in [0, 0.1) is 11.8 Å². The summed E-state index contributed by atoms with van der Waals surface area (Å²) in [5.74, 6) is -3.19. The van der Waals surface area contributed by atoms with Gasteiger partial charge < -0.3 is 4.90 Å². The summed E-state index contributed by atoms with van der Waals surface area (Å²) in [6, 6.07) is 15.7. The van der Waals surface area contributed by atoms with Crippen LogP contribution in [0.3, 0.4) is 0 Å². The molecule has 6 rings (SSSR count). The highest BCUT2D eigenvalue weighted by atomic mass is 35.5. The van der Waals surface area contributed by atoms with Crippen molar-refractivity contribution in [2.45, 2.75) is 30.7 Å². The van der Waals surface area contributed by atoms with E-state index in [4.69, 9.17) is 23.2 Å². The van der Waals surface area contributed by atoms with E-state index < -0.39 is 52.9 Å². The lowest BCUT2D eigenvalue weighted by atomic mass is 9.76. The predicted octanol–water partition coefficient (Wildman–Crippen LogP) is 6.29. The van der Waals surface area contributed by atoms with E-state index in [2.05, 4.69) is 5.32 Å². The van der Waals surface area contributed by atoms with Gasteiger partial charge in [-0.25, -0.2) is 4.90 Å². The van der Waals surface area contributed by atoms with Gasteiger partial charge in [0.25, 0.3) is 5.91 Å². The fourth-order valence-electron chi connectivity index (χ4n) is 6.49. The first-order valence-corrected chi connectivity index (χ1v) is 15.3. The summed E-state index contributed by atoms with van der Waals surface area (Å²) in [5.41, 5.74) is -0.896. The third-order valence-corrected chi connectivity index (χ3v) is 9.64. The second-order valence-corrected chi connectivity index (χ2v) is 12.4. The number of hydrogen-bond donors (Lipinski definition) is 1. The number of benzene rings is 3. The van der Waals surface area contributed by atoms with Crippen LogP contribution in [0.25, 0.3) is 0 Å². The van der Waals surface area contributed by atoms with Gasteiger partial charge in [0.05, 0.1) is 39.7 Å². The largest absolute Gasteiger partial charge is 0.416 e. The Labute approximate surface area is 254 Å². The van der Waals surface area contributed by atoms with Crippen LogP contribution in [0.2, 0.25) is 10.0 Å². The van der Waals surface area contributed by atoms with Crippen molar-refractivity contribution in [1.82, 2.24) is 5.32 Å². The molecule has 3 aliphatic heterocycles. The number of hydrogen-bond acceptors (Lipinski definition) is 5. The predicted molar refractivity (Wildman–Crippen MR) is 157 cm³/mol. The third kappa shape index (κ3) is 4.42. The average molecular weight is 635 g/mol. The quantitative estimate of drug-likeness (QED) is 0.323. The SMILES string of the molecule is CSCC[C@H]1N[C@]2(C(=O)N(Cc3ccc(Cl)c(Cl)c3)c3ccccc32)[C@@H]2C(=O)N(c3cccc(C(F)(F)F)c3)C(=O)[C@H]21. The van der Waals surface area contributed by atoms with E-state index >= 15 is 0 Å². The van der Waals surface area contributed by atoms with Crippen LogP contribution < -0.4 is 15.1 Å². The summed E-state index contributed by atoms with van der Waals surface area (Å²) in [7, 11) is 0. The molecule has 3 aliphatic rings. The van der Waals surface area contributed by atoms with Crippen molar-refractivity contribution in [3.63, 3.8) is 0 Å². The molecule has 2 fully saturated rings. The smallest absolute Gasteiger partial charge is 0.306 e. The molecule has 0 saturated carbocycles. The Morgan fingerprint density at radius 1 is 0.952 bits per heavy atom. The molecule has 0 aromatic heterocycles. The summed E-state index contributed by atoms with van der Waals surface area (Å²) in [6.07, 6.45) is -2.28. The van der Waals surface area contributed by atoms with Gasteiger partial charge in [-0.15, -0.1) is 0 Å².